The van der Waals surface area contributed by atoms with Crippen molar-refractivity contribution in [1.29, 1.82) is 0 Å². The zero-order valence-corrected chi connectivity index (χ0v) is 17.6. The van der Waals surface area contributed by atoms with Crippen LogP contribution in [0.25, 0.3) is 0 Å². The van der Waals surface area contributed by atoms with Crippen LogP contribution in [0.2, 0.25) is 0 Å². The van der Waals surface area contributed by atoms with Gasteiger partial charge in [0.2, 0.25) is 0 Å². The Balaban J connectivity index is 1.07. The summed E-state index contributed by atoms with van der Waals surface area (Å²) in [4.78, 5) is 2.55. The first-order chi connectivity index (χ1) is 13.4. The number of nitrogens with zero attached hydrogens (tertiary/aromatic N) is 1. The van der Waals surface area contributed by atoms with Crippen LogP contribution in [0.4, 0.5) is 0 Å². The highest BCUT2D eigenvalue weighted by Crippen LogP contribution is 2.39. The van der Waals surface area contributed by atoms with Crippen LogP contribution in [0.15, 0.2) is 0 Å². The second-order valence-corrected chi connectivity index (χ2v) is 9.89. The van der Waals surface area contributed by atoms with Gasteiger partial charge in [0.15, 0.2) is 0 Å². The van der Waals surface area contributed by atoms with Crippen LogP contribution in [0.1, 0.15) is 96.3 Å². The summed E-state index contributed by atoms with van der Waals surface area (Å²) in [6.07, 6.45) is 22.2. The van der Waals surface area contributed by atoms with Crippen molar-refractivity contribution in [3.05, 3.63) is 0 Å². The summed E-state index contributed by atoms with van der Waals surface area (Å²) < 4.78 is 12.7. The van der Waals surface area contributed by atoms with Crippen molar-refractivity contribution < 1.29 is 9.47 Å². The quantitative estimate of drug-likeness (QED) is 0.579. The van der Waals surface area contributed by atoms with E-state index in [0.29, 0.717) is 18.3 Å². The maximum Gasteiger partial charge on any atom is 0.0597 e. The normalized spacial score (nSPS) is 36.9. The van der Waals surface area contributed by atoms with Crippen molar-refractivity contribution >= 4 is 0 Å². The molecule has 0 radical (unpaired) electrons. The first-order valence-electron chi connectivity index (χ1n) is 12.4. The molecule has 156 valence electrons. The molecule has 1 heterocycles. The second kappa shape index (κ2) is 10.6. The Labute approximate surface area is 167 Å². The van der Waals surface area contributed by atoms with Gasteiger partial charge in [-0.05, 0) is 89.1 Å². The summed E-state index contributed by atoms with van der Waals surface area (Å²) in [6, 6.07) is 0. The smallest absolute Gasteiger partial charge is 0.0597 e. The van der Waals surface area contributed by atoms with Gasteiger partial charge >= 0.3 is 0 Å². The van der Waals surface area contributed by atoms with Crippen molar-refractivity contribution in [3.8, 4) is 0 Å². The highest BCUT2D eigenvalue weighted by atomic mass is 16.5. The molecule has 1 saturated heterocycles. The van der Waals surface area contributed by atoms with Gasteiger partial charge in [0.1, 0.15) is 0 Å². The molecule has 0 bridgehead atoms. The molecule has 0 unspecified atom stereocenters. The van der Waals surface area contributed by atoms with Gasteiger partial charge in [-0.2, -0.15) is 0 Å². The Morgan fingerprint density at radius 2 is 1.11 bits per heavy atom. The molecule has 3 nitrogen and oxygen atoms in total. The van der Waals surface area contributed by atoms with Gasteiger partial charge in [-0.1, -0.05) is 32.1 Å². The van der Waals surface area contributed by atoms with Crippen LogP contribution in [-0.2, 0) is 9.47 Å². The SMILES string of the molecule is C1CCC(C2CCC(OC3CCC(OCCN4CCCC4)CC3)CC2)CC1. The number of likely N-dealkylation sites (tertiary alicyclic amines) is 1. The Bertz CT molecular complexity index is 401. The van der Waals surface area contributed by atoms with Crippen molar-refractivity contribution in [3.63, 3.8) is 0 Å². The van der Waals surface area contributed by atoms with Gasteiger partial charge in [0.25, 0.3) is 0 Å². The summed E-state index contributed by atoms with van der Waals surface area (Å²) >= 11 is 0. The maximum absolute atomic E-state index is 6.54. The van der Waals surface area contributed by atoms with Crippen molar-refractivity contribution in [1.82, 2.24) is 4.90 Å². The molecule has 0 aromatic heterocycles. The fourth-order valence-electron chi connectivity index (χ4n) is 6.26. The van der Waals surface area contributed by atoms with Gasteiger partial charge in [-0.15, -0.1) is 0 Å². The maximum atomic E-state index is 6.54. The molecule has 3 aliphatic carbocycles. The zero-order valence-electron chi connectivity index (χ0n) is 17.6. The van der Waals surface area contributed by atoms with E-state index in [1.165, 1.54) is 109 Å². The van der Waals surface area contributed by atoms with Gasteiger partial charge in [0.05, 0.1) is 24.9 Å². The van der Waals surface area contributed by atoms with E-state index in [0.717, 1.165) is 25.0 Å². The third kappa shape index (κ3) is 6.18. The molecular formula is C24H43NO2. The zero-order chi connectivity index (χ0) is 18.3. The van der Waals surface area contributed by atoms with E-state index in [1.54, 1.807) is 0 Å². The number of hydrogen-bond donors (Lipinski definition) is 0. The van der Waals surface area contributed by atoms with E-state index in [-0.39, 0.29) is 0 Å². The van der Waals surface area contributed by atoms with Crippen LogP contribution in [-0.4, -0.2) is 49.5 Å². The van der Waals surface area contributed by atoms with Gasteiger partial charge in [0, 0.05) is 6.54 Å². The van der Waals surface area contributed by atoms with Crippen molar-refractivity contribution in [2.45, 2.75) is 115 Å². The van der Waals surface area contributed by atoms with E-state index < -0.39 is 0 Å². The lowest BCUT2D eigenvalue weighted by atomic mass is 9.73. The third-order valence-electron chi connectivity index (χ3n) is 8.00. The molecule has 4 rings (SSSR count). The molecule has 4 aliphatic rings. The summed E-state index contributed by atoms with van der Waals surface area (Å²) in [7, 11) is 0. The molecule has 4 fully saturated rings. The fourth-order valence-corrected chi connectivity index (χ4v) is 6.26. The van der Waals surface area contributed by atoms with Crippen LogP contribution < -0.4 is 0 Å². The third-order valence-corrected chi connectivity index (χ3v) is 8.00. The second-order valence-electron chi connectivity index (χ2n) is 9.89. The number of rotatable bonds is 7. The number of hydrogen-bond acceptors (Lipinski definition) is 3. The minimum atomic E-state index is 0.495. The minimum absolute atomic E-state index is 0.495. The van der Waals surface area contributed by atoms with Crippen LogP contribution in [0.5, 0.6) is 0 Å². The Kier molecular flexibility index (Phi) is 7.91. The highest BCUT2D eigenvalue weighted by molar-refractivity contribution is 4.82. The molecular weight excluding hydrogens is 334 g/mol. The average molecular weight is 378 g/mol. The Morgan fingerprint density at radius 3 is 1.78 bits per heavy atom. The molecule has 0 aromatic rings. The molecule has 27 heavy (non-hydrogen) atoms. The standard InChI is InChI=1S/C24H43NO2/c1-2-6-20(7-3-1)21-8-10-23(11-9-21)27-24-14-12-22(13-15-24)26-19-18-25-16-4-5-17-25/h20-24H,1-19H2. The largest absolute Gasteiger partial charge is 0.377 e. The van der Waals surface area contributed by atoms with E-state index in [4.69, 9.17) is 9.47 Å². The highest BCUT2D eigenvalue weighted by Gasteiger charge is 2.31. The van der Waals surface area contributed by atoms with E-state index in [1.807, 2.05) is 0 Å². The molecule has 0 aromatic carbocycles. The molecule has 0 atom stereocenters. The van der Waals surface area contributed by atoms with Crippen molar-refractivity contribution in [2.24, 2.45) is 11.8 Å². The Morgan fingerprint density at radius 1 is 0.556 bits per heavy atom. The van der Waals surface area contributed by atoms with Crippen LogP contribution in [0.3, 0.4) is 0 Å². The first-order valence-corrected chi connectivity index (χ1v) is 12.4. The lowest BCUT2D eigenvalue weighted by Crippen LogP contribution is -2.34. The van der Waals surface area contributed by atoms with Gasteiger partial charge in [-0.3, -0.25) is 0 Å². The molecule has 1 aliphatic heterocycles. The molecule has 0 spiro atoms. The number of ether oxygens (including phenoxy) is 2. The summed E-state index contributed by atoms with van der Waals surface area (Å²) in [5, 5.41) is 0. The van der Waals surface area contributed by atoms with E-state index in [2.05, 4.69) is 4.90 Å². The average Bonchev–Trinajstić information content (AvgIpc) is 3.24. The van der Waals surface area contributed by atoms with Gasteiger partial charge in [-0.25, -0.2) is 0 Å². The van der Waals surface area contributed by atoms with E-state index in [9.17, 15) is 0 Å². The van der Waals surface area contributed by atoms with Gasteiger partial charge < -0.3 is 14.4 Å². The predicted octanol–water partition coefficient (Wildman–Crippen LogP) is 5.57. The summed E-state index contributed by atoms with van der Waals surface area (Å²) in [6.45, 7) is 4.64. The minimum Gasteiger partial charge on any atom is -0.377 e. The first kappa shape index (κ1) is 20.2. The van der Waals surface area contributed by atoms with Crippen LogP contribution >= 0.6 is 0 Å². The topological polar surface area (TPSA) is 21.7 Å². The Hall–Kier alpha value is -0.120. The predicted molar refractivity (Wildman–Crippen MR) is 111 cm³/mol. The molecule has 0 N–H and O–H groups in total. The molecule has 3 heteroatoms. The lowest BCUT2D eigenvalue weighted by molar-refractivity contribution is -0.0787. The fraction of sp³-hybridized carbons (Fsp3) is 1.00. The molecule has 0 amide bonds. The lowest BCUT2D eigenvalue weighted by Gasteiger charge is -2.38. The van der Waals surface area contributed by atoms with Crippen molar-refractivity contribution in [2.75, 3.05) is 26.2 Å². The monoisotopic (exact) mass is 377 g/mol. The summed E-state index contributed by atoms with van der Waals surface area (Å²) in [5.41, 5.74) is 0. The van der Waals surface area contributed by atoms with Crippen LogP contribution in [0, 0.1) is 11.8 Å². The molecule has 3 saturated carbocycles. The van der Waals surface area contributed by atoms with E-state index >= 15 is 0 Å². The summed E-state index contributed by atoms with van der Waals surface area (Å²) in [5.74, 6) is 2.07.